The molecule has 0 aliphatic carbocycles. The Labute approximate surface area is 103 Å². The van der Waals surface area contributed by atoms with E-state index in [1.807, 2.05) is 19.1 Å². The van der Waals surface area contributed by atoms with Crippen molar-refractivity contribution in [1.82, 2.24) is 0 Å². The molecule has 1 aromatic carbocycles. The van der Waals surface area contributed by atoms with Crippen molar-refractivity contribution in [3.63, 3.8) is 0 Å². The fourth-order valence-corrected chi connectivity index (χ4v) is 1.52. The SMILES string of the molecule is C=C[C@@H](N)c1c(OC)cc(C)cc1OC.Cl. The van der Waals surface area contributed by atoms with Crippen LogP contribution in [0.15, 0.2) is 24.8 Å². The molecule has 0 saturated carbocycles. The lowest BCUT2D eigenvalue weighted by Crippen LogP contribution is -2.10. The van der Waals surface area contributed by atoms with Gasteiger partial charge in [0.2, 0.25) is 0 Å². The van der Waals surface area contributed by atoms with E-state index in [1.54, 1.807) is 20.3 Å². The molecule has 3 nitrogen and oxygen atoms in total. The van der Waals surface area contributed by atoms with E-state index < -0.39 is 0 Å². The predicted molar refractivity (Wildman–Crippen MR) is 68.7 cm³/mol. The highest BCUT2D eigenvalue weighted by molar-refractivity contribution is 5.85. The zero-order chi connectivity index (χ0) is 11.4. The van der Waals surface area contributed by atoms with Gasteiger partial charge in [0.25, 0.3) is 0 Å². The highest BCUT2D eigenvalue weighted by Gasteiger charge is 2.15. The average Bonchev–Trinajstić information content (AvgIpc) is 2.26. The van der Waals surface area contributed by atoms with Gasteiger partial charge in [-0.3, -0.25) is 0 Å². The molecule has 0 aromatic heterocycles. The van der Waals surface area contributed by atoms with Gasteiger partial charge < -0.3 is 15.2 Å². The van der Waals surface area contributed by atoms with E-state index in [2.05, 4.69) is 6.58 Å². The van der Waals surface area contributed by atoms with Crippen LogP contribution in [-0.4, -0.2) is 14.2 Å². The first-order valence-electron chi connectivity index (χ1n) is 4.74. The number of aryl methyl sites for hydroxylation is 1. The smallest absolute Gasteiger partial charge is 0.127 e. The molecule has 1 atom stereocenters. The Morgan fingerprint density at radius 2 is 1.69 bits per heavy atom. The lowest BCUT2D eigenvalue weighted by atomic mass is 10.0. The van der Waals surface area contributed by atoms with Crippen LogP contribution in [0.5, 0.6) is 11.5 Å². The summed E-state index contributed by atoms with van der Waals surface area (Å²) < 4.78 is 10.6. The minimum Gasteiger partial charge on any atom is -0.496 e. The summed E-state index contributed by atoms with van der Waals surface area (Å²) in [5.41, 5.74) is 7.83. The first kappa shape index (κ1) is 14.8. The van der Waals surface area contributed by atoms with Gasteiger partial charge >= 0.3 is 0 Å². The number of rotatable bonds is 4. The zero-order valence-electron chi connectivity index (χ0n) is 9.82. The minimum atomic E-state index is -0.282. The van der Waals surface area contributed by atoms with E-state index in [1.165, 1.54) is 0 Å². The molecule has 0 heterocycles. The molecule has 4 heteroatoms. The van der Waals surface area contributed by atoms with Gasteiger partial charge in [-0.1, -0.05) is 6.08 Å². The summed E-state index contributed by atoms with van der Waals surface area (Å²) in [6.07, 6.45) is 1.66. The number of hydrogen-bond acceptors (Lipinski definition) is 3. The summed E-state index contributed by atoms with van der Waals surface area (Å²) in [4.78, 5) is 0. The summed E-state index contributed by atoms with van der Waals surface area (Å²) in [7, 11) is 3.24. The van der Waals surface area contributed by atoms with Gasteiger partial charge in [0.1, 0.15) is 11.5 Å². The van der Waals surface area contributed by atoms with Gasteiger partial charge in [-0.2, -0.15) is 0 Å². The Kier molecular flexibility index (Phi) is 5.93. The first-order valence-corrected chi connectivity index (χ1v) is 4.74. The van der Waals surface area contributed by atoms with Gasteiger partial charge in [0.15, 0.2) is 0 Å². The van der Waals surface area contributed by atoms with Crippen LogP contribution in [0.3, 0.4) is 0 Å². The number of methoxy groups -OCH3 is 2. The van der Waals surface area contributed by atoms with Crippen LogP contribution in [0.4, 0.5) is 0 Å². The normalized spacial score (nSPS) is 11.2. The van der Waals surface area contributed by atoms with E-state index in [9.17, 15) is 0 Å². The summed E-state index contributed by atoms with van der Waals surface area (Å²) in [6, 6.07) is 3.58. The van der Waals surface area contributed by atoms with Gasteiger partial charge in [0, 0.05) is 0 Å². The second kappa shape index (κ2) is 6.40. The number of ether oxygens (including phenoxy) is 2. The van der Waals surface area contributed by atoms with E-state index in [-0.39, 0.29) is 18.4 Å². The summed E-state index contributed by atoms with van der Waals surface area (Å²) in [5, 5.41) is 0. The van der Waals surface area contributed by atoms with E-state index in [0.717, 1.165) is 22.6 Å². The molecule has 0 fully saturated rings. The third-order valence-electron chi connectivity index (χ3n) is 2.28. The topological polar surface area (TPSA) is 44.5 Å². The zero-order valence-corrected chi connectivity index (χ0v) is 10.6. The first-order chi connectivity index (χ1) is 7.13. The largest absolute Gasteiger partial charge is 0.496 e. The molecule has 90 valence electrons. The van der Waals surface area contributed by atoms with Crippen molar-refractivity contribution >= 4 is 12.4 Å². The molecule has 0 spiro atoms. The van der Waals surface area contributed by atoms with Crippen LogP contribution >= 0.6 is 12.4 Å². The maximum absolute atomic E-state index is 5.92. The lowest BCUT2D eigenvalue weighted by molar-refractivity contribution is 0.382. The van der Waals surface area contributed by atoms with Crippen LogP contribution in [-0.2, 0) is 0 Å². The Bertz CT molecular complexity index is 341. The summed E-state index contributed by atoms with van der Waals surface area (Å²) in [5.74, 6) is 1.47. The molecule has 16 heavy (non-hydrogen) atoms. The number of nitrogens with two attached hydrogens (primary N) is 1. The lowest BCUT2D eigenvalue weighted by Gasteiger charge is -2.17. The van der Waals surface area contributed by atoms with Crippen LogP contribution in [0.25, 0.3) is 0 Å². The van der Waals surface area contributed by atoms with Crippen molar-refractivity contribution in [1.29, 1.82) is 0 Å². The molecule has 0 saturated heterocycles. The van der Waals surface area contributed by atoms with Crippen LogP contribution in [0.1, 0.15) is 17.2 Å². The molecule has 0 unspecified atom stereocenters. The van der Waals surface area contributed by atoms with Crippen LogP contribution in [0, 0.1) is 6.92 Å². The van der Waals surface area contributed by atoms with Gasteiger partial charge in [-0.05, 0) is 24.6 Å². The van der Waals surface area contributed by atoms with E-state index in [4.69, 9.17) is 15.2 Å². The van der Waals surface area contributed by atoms with E-state index >= 15 is 0 Å². The van der Waals surface area contributed by atoms with E-state index in [0.29, 0.717) is 0 Å². The predicted octanol–water partition coefficient (Wildman–Crippen LogP) is 2.62. The highest BCUT2D eigenvalue weighted by Crippen LogP contribution is 2.34. The summed E-state index contributed by atoms with van der Waals surface area (Å²) in [6.45, 7) is 5.65. The Morgan fingerprint density at radius 3 is 2.00 bits per heavy atom. The van der Waals surface area contributed by atoms with Crippen molar-refractivity contribution in [2.24, 2.45) is 5.73 Å². The standard InChI is InChI=1S/C12H17NO2.ClH/c1-5-9(13)12-10(14-3)6-8(2)7-11(12)15-4;/h5-7,9H,1,13H2,2-4H3;1H/t9-;/m1./s1. The third-order valence-corrected chi connectivity index (χ3v) is 2.28. The maximum Gasteiger partial charge on any atom is 0.127 e. The molecule has 0 aliphatic heterocycles. The third kappa shape index (κ3) is 2.90. The number of benzene rings is 1. The van der Waals surface area contributed by atoms with Crippen LogP contribution < -0.4 is 15.2 Å². The number of halogens is 1. The number of hydrogen-bond donors (Lipinski definition) is 1. The molecular weight excluding hydrogens is 226 g/mol. The minimum absolute atomic E-state index is 0. The Balaban J connectivity index is 0.00000225. The molecule has 0 radical (unpaired) electrons. The van der Waals surface area contributed by atoms with Crippen molar-refractivity contribution in [3.05, 3.63) is 35.9 Å². The van der Waals surface area contributed by atoms with Gasteiger partial charge in [0.05, 0.1) is 25.8 Å². The maximum atomic E-state index is 5.92. The van der Waals surface area contributed by atoms with Crippen LogP contribution in [0.2, 0.25) is 0 Å². The molecule has 0 bridgehead atoms. The van der Waals surface area contributed by atoms with Crippen molar-refractivity contribution < 1.29 is 9.47 Å². The van der Waals surface area contributed by atoms with Crippen molar-refractivity contribution in [2.75, 3.05) is 14.2 Å². The molecular formula is C12H18ClNO2. The Morgan fingerprint density at radius 1 is 1.25 bits per heavy atom. The molecule has 2 N–H and O–H groups in total. The Hall–Kier alpha value is -1.19. The van der Waals surface area contributed by atoms with Gasteiger partial charge in [-0.25, -0.2) is 0 Å². The fraction of sp³-hybridized carbons (Fsp3) is 0.333. The molecule has 0 aliphatic rings. The average molecular weight is 244 g/mol. The second-order valence-electron chi connectivity index (χ2n) is 3.34. The van der Waals surface area contributed by atoms with Crippen molar-refractivity contribution in [3.8, 4) is 11.5 Å². The quantitative estimate of drug-likeness (QED) is 0.827. The molecule has 1 rings (SSSR count). The van der Waals surface area contributed by atoms with Gasteiger partial charge in [-0.15, -0.1) is 19.0 Å². The monoisotopic (exact) mass is 243 g/mol. The molecule has 0 amide bonds. The summed E-state index contributed by atoms with van der Waals surface area (Å²) >= 11 is 0. The second-order valence-corrected chi connectivity index (χ2v) is 3.34. The van der Waals surface area contributed by atoms with Crippen molar-refractivity contribution in [2.45, 2.75) is 13.0 Å². The highest BCUT2D eigenvalue weighted by atomic mass is 35.5. The molecule has 1 aromatic rings. The fourth-order valence-electron chi connectivity index (χ4n) is 1.52.